The molecule has 1 heterocycles. The predicted molar refractivity (Wildman–Crippen MR) is 80.7 cm³/mol. The van der Waals surface area contributed by atoms with Crippen molar-refractivity contribution in [3.05, 3.63) is 24.0 Å². The number of nitrogens with two attached hydrogens (primary N) is 1. The lowest BCUT2D eigenvalue weighted by molar-refractivity contribution is 0.193. The van der Waals surface area contributed by atoms with Crippen LogP contribution in [0.1, 0.15) is 51.1 Å². The minimum Gasteiger partial charge on any atom is -0.398 e. The van der Waals surface area contributed by atoms with E-state index in [1.54, 1.807) is 6.20 Å². The highest BCUT2D eigenvalue weighted by Gasteiger charge is 2.29. The van der Waals surface area contributed by atoms with Gasteiger partial charge in [0.05, 0.1) is 0 Å². The van der Waals surface area contributed by atoms with E-state index in [0.717, 1.165) is 23.1 Å². The first-order valence-corrected chi connectivity index (χ1v) is 7.50. The SMILES string of the molecule is CNC(c1cnccc1N)C1CCC(C(C)C)CC1. The van der Waals surface area contributed by atoms with Crippen LogP contribution in [-0.2, 0) is 0 Å². The van der Waals surface area contributed by atoms with Crippen molar-refractivity contribution in [2.24, 2.45) is 17.8 Å². The van der Waals surface area contributed by atoms with Crippen molar-refractivity contribution in [3.8, 4) is 0 Å². The van der Waals surface area contributed by atoms with E-state index in [4.69, 9.17) is 5.73 Å². The van der Waals surface area contributed by atoms with Crippen molar-refractivity contribution >= 4 is 5.69 Å². The molecule has 19 heavy (non-hydrogen) atoms. The summed E-state index contributed by atoms with van der Waals surface area (Å²) in [4.78, 5) is 4.23. The lowest BCUT2D eigenvalue weighted by Gasteiger charge is -2.35. The molecule has 1 atom stereocenters. The van der Waals surface area contributed by atoms with Gasteiger partial charge in [-0.1, -0.05) is 13.8 Å². The normalized spacial score (nSPS) is 25.5. The minimum atomic E-state index is 0.349. The fraction of sp³-hybridized carbons (Fsp3) is 0.688. The number of pyridine rings is 1. The van der Waals surface area contributed by atoms with Crippen molar-refractivity contribution in [3.63, 3.8) is 0 Å². The molecule has 0 bridgehead atoms. The maximum absolute atomic E-state index is 6.10. The molecule has 3 N–H and O–H groups in total. The fourth-order valence-electron chi connectivity index (χ4n) is 3.47. The van der Waals surface area contributed by atoms with Gasteiger partial charge in [-0.05, 0) is 56.6 Å². The van der Waals surface area contributed by atoms with Crippen LogP contribution in [0.2, 0.25) is 0 Å². The molecule has 1 saturated carbocycles. The van der Waals surface area contributed by atoms with Crippen LogP contribution in [0, 0.1) is 17.8 Å². The number of hydrogen-bond donors (Lipinski definition) is 2. The van der Waals surface area contributed by atoms with E-state index in [-0.39, 0.29) is 0 Å². The first-order chi connectivity index (χ1) is 9.13. The highest BCUT2D eigenvalue weighted by molar-refractivity contribution is 5.46. The quantitative estimate of drug-likeness (QED) is 0.873. The van der Waals surface area contributed by atoms with Crippen LogP contribution in [0.15, 0.2) is 18.5 Å². The zero-order chi connectivity index (χ0) is 13.8. The first kappa shape index (κ1) is 14.3. The third-order valence-electron chi connectivity index (χ3n) is 4.76. The molecule has 0 aliphatic heterocycles. The van der Waals surface area contributed by atoms with Crippen LogP contribution >= 0.6 is 0 Å². The standard InChI is InChI=1S/C16H27N3/c1-11(2)12-4-6-13(7-5-12)16(18-3)14-10-19-9-8-15(14)17/h8-13,16,18H,4-7H2,1-3H3,(H2,17,19). The zero-order valence-electron chi connectivity index (χ0n) is 12.4. The topological polar surface area (TPSA) is 50.9 Å². The van der Waals surface area contributed by atoms with Gasteiger partial charge in [-0.2, -0.15) is 0 Å². The Kier molecular flexibility index (Phi) is 4.81. The number of nitrogens with one attached hydrogen (secondary N) is 1. The molecule has 1 aromatic rings. The van der Waals surface area contributed by atoms with Gasteiger partial charge in [0.25, 0.3) is 0 Å². The zero-order valence-corrected chi connectivity index (χ0v) is 12.4. The van der Waals surface area contributed by atoms with E-state index in [1.807, 2.05) is 19.3 Å². The van der Waals surface area contributed by atoms with E-state index in [2.05, 4.69) is 24.1 Å². The molecule has 1 aromatic heterocycles. The molecular weight excluding hydrogens is 234 g/mol. The van der Waals surface area contributed by atoms with Crippen molar-refractivity contribution in [2.45, 2.75) is 45.6 Å². The Balaban J connectivity index is 2.06. The van der Waals surface area contributed by atoms with Crippen molar-refractivity contribution < 1.29 is 0 Å². The second-order valence-electron chi connectivity index (χ2n) is 6.19. The molecule has 3 heteroatoms. The molecule has 1 unspecified atom stereocenters. The molecule has 0 amide bonds. The maximum atomic E-state index is 6.10. The van der Waals surface area contributed by atoms with E-state index >= 15 is 0 Å². The van der Waals surface area contributed by atoms with Gasteiger partial charge in [0.2, 0.25) is 0 Å². The van der Waals surface area contributed by atoms with Gasteiger partial charge >= 0.3 is 0 Å². The number of anilines is 1. The van der Waals surface area contributed by atoms with E-state index in [9.17, 15) is 0 Å². The van der Waals surface area contributed by atoms with Crippen molar-refractivity contribution in [1.82, 2.24) is 10.3 Å². The van der Waals surface area contributed by atoms with Crippen molar-refractivity contribution in [1.29, 1.82) is 0 Å². The monoisotopic (exact) mass is 261 g/mol. The molecular formula is C16H27N3. The second-order valence-corrected chi connectivity index (χ2v) is 6.19. The summed E-state index contributed by atoms with van der Waals surface area (Å²) in [5, 5.41) is 3.45. The molecule has 3 nitrogen and oxygen atoms in total. The average molecular weight is 261 g/mol. The maximum Gasteiger partial charge on any atom is 0.0393 e. The Morgan fingerprint density at radius 1 is 1.21 bits per heavy atom. The molecule has 0 saturated heterocycles. The van der Waals surface area contributed by atoms with Gasteiger partial charge in [0.1, 0.15) is 0 Å². The van der Waals surface area contributed by atoms with Gasteiger partial charge < -0.3 is 11.1 Å². The Morgan fingerprint density at radius 2 is 1.84 bits per heavy atom. The first-order valence-electron chi connectivity index (χ1n) is 7.50. The summed E-state index contributed by atoms with van der Waals surface area (Å²) in [6, 6.07) is 2.25. The molecule has 0 aromatic carbocycles. The third kappa shape index (κ3) is 3.27. The Morgan fingerprint density at radius 3 is 2.37 bits per heavy atom. The summed E-state index contributed by atoms with van der Waals surface area (Å²) in [7, 11) is 2.03. The van der Waals surface area contributed by atoms with E-state index < -0.39 is 0 Å². The lowest BCUT2D eigenvalue weighted by Crippen LogP contribution is -2.30. The van der Waals surface area contributed by atoms with E-state index in [1.165, 1.54) is 25.7 Å². The summed E-state index contributed by atoms with van der Waals surface area (Å²) < 4.78 is 0. The van der Waals surface area contributed by atoms with Crippen LogP contribution in [0.3, 0.4) is 0 Å². The van der Waals surface area contributed by atoms with E-state index in [0.29, 0.717) is 12.0 Å². The summed E-state index contributed by atoms with van der Waals surface area (Å²) in [5.74, 6) is 2.41. The molecule has 1 aliphatic rings. The number of rotatable bonds is 4. The van der Waals surface area contributed by atoms with Gasteiger partial charge in [0, 0.05) is 29.7 Å². The van der Waals surface area contributed by atoms with Gasteiger partial charge in [-0.15, -0.1) is 0 Å². The van der Waals surface area contributed by atoms with Crippen LogP contribution in [0.4, 0.5) is 5.69 Å². The summed E-state index contributed by atoms with van der Waals surface area (Å²) in [6.45, 7) is 4.69. The molecule has 1 fully saturated rings. The van der Waals surface area contributed by atoms with Crippen molar-refractivity contribution in [2.75, 3.05) is 12.8 Å². The number of nitrogen functional groups attached to an aromatic ring is 1. The molecule has 0 radical (unpaired) electrons. The summed E-state index contributed by atoms with van der Waals surface area (Å²) in [6.07, 6.45) is 8.97. The highest BCUT2D eigenvalue weighted by Crippen LogP contribution is 2.40. The molecule has 0 spiro atoms. The Bertz CT molecular complexity index is 395. The van der Waals surface area contributed by atoms with Crippen LogP contribution in [-0.4, -0.2) is 12.0 Å². The third-order valence-corrected chi connectivity index (χ3v) is 4.76. The largest absolute Gasteiger partial charge is 0.398 e. The minimum absolute atomic E-state index is 0.349. The Labute approximate surface area is 117 Å². The number of nitrogens with zero attached hydrogens (tertiary/aromatic N) is 1. The van der Waals surface area contributed by atoms with Crippen LogP contribution in [0.5, 0.6) is 0 Å². The molecule has 2 rings (SSSR count). The average Bonchev–Trinajstić information content (AvgIpc) is 2.42. The smallest absolute Gasteiger partial charge is 0.0393 e. The Hall–Kier alpha value is -1.09. The molecule has 1 aliphatic carbocycles. The van der Waals surface area contributed by atoms with Crippen LogP contribution < -0.4 is 11.1 Å². The number of hydrogen-bond acceptors (Lipinski definition) is 3. The highest BCUT2D eigenvalue weighted by atomic mass is 14.9. The van der Waals surface area contributed by atoms with Gasteiger partial charge in [-0.25, -0.2) is 0 Å². The predicted octanol–water partition coefficient (Wildman–Crippen LogP) is 3.39. The van der Waals surface area contributed by atoms with Gasteiger partial charge in [-0.3, -0.25) is 4.98 Å². The van der Waals surface area contributed by atoms with Crippen LogP contribution in [0.25, 0.3) is 0 Å². The van der Waals surface area contributed by atoms with Gasteiger partial charge in [0.15, 0.2) is 0 Å². The summed E-state index contributed by atoms with van der Waals surface area (Å²) in [5.41, 5.74) is 8.13. The number of aromatic nitrogens is 1. The second kappa shape index (κ2) is 6.38. The summed E-state index contributed by atoms with van der Waals surface area (Å²) >= 11 is 0. The fourth-order valence-corrected chi connectivity index (χ4v) is 3.47. The lowest BCUT2D eigenvalue weighted by atomic mass is 9.73. The molecule has 106 valence electrons.